The van der Waals surface area contributed by atoms with Crippen LogP contribution in [0.15, 0.2) is 97.2 Å². The Morgan fingerprint density at radius 2 is 0.506 bits per heavy atom. The molecule has 0 fully saturated rings. The monoisotopic (exact) mass is 1070 g/mol. The Hall–Kier alpha value is -3.67. The third-order valence-corrected chi connectivity index (χ3v) is 14.1. The Bertz CT molecular complexity index is 1510. The normalized spacial score (nSPS) is 12.7. The molecule has 0 amide bonds. The predicted octanol–water partition coefficient (Wildman–Crippen LogP) is 22.4. The Morgan fingerprint density at radius 3 is 0.792 bits per heavy atom. The van der Waals surface area contributed by atoms with E-state index < -0.39 is 6.10 Å². The molecule has 77 heavy (non-hydrogen) atoms. The number of rotatable bonds is 59. The number of ether oxygens (including phenoxy) is 3. The number of esters is 3. The molecule has 0 saturated carbocycles. The van der Waals surface area contributed by atoms with E-state index in [1.54, 1.807) is 0 Å². The van der Waals surface area contributed by atoms with Crippen LogP contribution in [0.25, 0.3) is 0 Å². The first kappa shape index (κ1) is 73.3. The molecule has 0 aromatic rings. The van der Waals surface area contributed by atoms with Gasteiger partial charge in [-0.1, -0.05) is 311 Å². The van der Waals surface area contributed by atoms with Crippen LogP contribution in [0.5, 0.6) is 0 Å². The highest BCUT2D eigenvalue weighted by atomic mass is 16.6. The lowest BCUT2D eigenvalue weighted by atomic mass is 10.0. The Kier molecular flexibility index (Phi) is 61.8. The Balaban J connectivity index is 4.35. The number of carbonyl (C=O) groups excluding carboxylic acids is 3. The average molecular weight is 1070 g/mol. The van der Waals surface area contributed by atoms with E-state index in [4.69, 9.17) is 14.2 Å². The van der Waals surface area contributed by atoms with Gasteiger partial charge in [-0.05, 0) is 83.5 Å². The second kappa shape index (κ2) is 64.9. The van der Waals surface area contributed by atoms with Gasteiger partial charge in [0, 0.05) is 19.3 Å². The summed E-state index contributed by atoms with van der Waals surface area (Å²) in [4.78, 5) is 38.3. The zero-order valence-electron chi connectivity index (χ0n) is 50.7. The predicted molar refractivity (Wildman–Crippen MR) is 334 cm³/mol. The van der Waals surface area contributed by atoms with E-state index in [9.17, 15) is 14.4 Å². The molecular weight excluding hydrogens is 949 g/mol. The molecule has 442 valence electrons. The number of hydrogen-bond acceptors (Lipinski definition) is 6. The van der Waals surface area contributed by atoms with Gasteiger partial charge in [-0.3, -0.25) is 14.4 Å². The van der Waals surface area contributed by atoms with Gasteiger partial charge >= 0.3 is 17.9 Å². The van der Waals surface area contributed by atoms with Crippen LogP contribution in [0.3, 0.4) is 0 Å². The number of carbonyl (C=O) groups is 3. The van der Waals surface area contributed by atoms with Gasteiger partial charge in [0.2, 0.25) is 0 Å². The number of hydrogen-bond donors (Lipinski definition) is 0. The fourth-order valence-corrected chi connectivity index (χ4v) is 9.23. The first-order valence-electron chi connectivity index (χ1n) is 32.7. The van der Waals surface area contributed by atoms with Gasteiger partial charge in [0.15, 0.2) is 6.10 Å². The molecule has 0 aliphatic heterocycles. The van der Waals surface area contributed by atoms with Crippen molar-refractivity contribution in [3.63, 3.8) is 0 Å². The zero-order valence-corrected chi connectivity index (χ0v) is 50.7. The smallest absolute Gasteiger partial charge is 0.306 e. The summed E-state index contributed by atoms with van der Waals surface area (Å²) < 4.78 is 16.9. The first-order chi connectivity index (χ1) is 38.0. The highest BCUT2D eigenvalue weighted by Gasteiger charge is 2.19. The van der Waals surface area contributed by atoms with Crippen LogP contribution >= 0.6 is 0 Å². The average Bonchev–Trinajstić information content (AvgIpc) is 3.43. The van der Waals surface area contributed by atoms with Crippen LogP contribution in [0.2, 0.25) is 0 Å². The Morgan fingerprint density at radius 1 is 0.273 bits per heavy atom. The summed E-state index contributed by atoms with van der Waals surface area (Å²) in [5.74, 6) is -0.893. The van der Waals surface area contributed by atoms with Crippen molar-refractivity contribution in [1.29, 1.82) is 0 Å². The van der Waals surface area contributed by atoms with Gasteiger partial charge in [-0.2, -0.15) is 0 Å². The van der Waals surface area contributed by atoms with Crippen LogP contribution in [-0.4, -0.2) is 37.2 Å². The first-order valence-corrected chi connectivity index (χ1v) is 32.7. The molecule has 1 atom stereocenters. The molecule has 0 aliphatic rings. The lowest BCUT2D eigenvalue weighted by Crippen LogP contribution is -2.30. The largest absolute Gasteiger partial charge is 0.462 e. The lowest BCUT2D eigenvalue weighted by Gasteiger charge is -2.18. The molecule has 6 heteroatoms. The minimum Gasteiger partial charge on any atom is -0.462 e. The van der Waals surface area contributed by atoms with Crippen molar-refractivity contribution >= 4 is 17.9 Å². The van der Waals surface area contributed by atoms with E-state index in [2.05, 4.69) is 118 Å². The minimum absolute atomic E-state index is 0.0811. The second-order valence-corrected chi connectivity index (χ2v) is 21.7. The summed E-state index contributed by atoms with van der Waals surface area (Å²) in [5.41, 5.74) is 0. The van der Waals surface area contributed by atoms with Crippen molar-refractivity contribution in [2.24, 2.45) is 0 Å². The summed E-state index contributed by atoms with van der Waals surface area (Å²) in [6, 6.07) is 0. The summed E-state index contributed by atoms with van der Waals surface area (Å²) in [6.07, 6.45) is 87.0. The fraction of sp³-hybridized carbons (Fsp3) is 0.732. The molecule has 0 aromatic heterocycles. The van der Waals surface area contributed by atoms with Gasteiger partial charge in [0.25, 0.3) is 0 Å². The number of allylic oxidation sites excluding steroid dienone is 16. The summed E-state index contributed by atoms with van der Waals surface area (Å²) in [5, 5.41) is 0. The molecule has 0 heterocycles. The third-order valence-electron chi connectivity index (χ3n) is 14.1. The second-order valence-electron chi connectivity index (χ2n) is 21.7. The molecule has 0 bridgehead atoms. The van der Waals surface area contributed by atoms with Crippen LogP contribution in [-0.2, 0) is 28.6 Å². The topological polar surface area (TPSA) is 78.9 Å². The van der Waals surface area contributed by atoms with E-state index in [1.807, 2.05) is 0 Å². The van der Waals surface area contributed by atoms with Crippen molar-refractivity contribution in [2.45, 2.75) is 322 Å². The molecule has 1 unspecified atom stereocenters. The lowest BCUT2D eigenvalue weighted by molar-refractivity contribution is -0.167. The summed E-state index contributed by atoms with van der Waals surface area (Å²) in [7, 11) is 0. The van der Waals surface area contributed by atoms with Crippen molar-refractivity contribution in [2.75, 3.05) is 13.2 Å². The van der Waals surface area contributed by atoms with Crippen LogP contribution in [0, 0.1) is 0 Å². The zero-order chi connectivity index (χ0) is 55.7. The van der Waals surface area contributed by atoms with Crippen molar-refractivity contribution in [3.05, 3.63) is 97.2 Å². The highest BCUT2D eigenvalue weighted by Crippen LogP contribution is 2.17. The van der Waals surface area contributed by atoms with E-state index in [1.165, 1.54) is 154 Å². The SMILES string of the molecule is CC/C=C\C/C=C\C/C=C\C/C=C\C/C=C\C/C=C\C/C=C\C/C=C\CCCCCCC(=O)OCC(COC(=O)CCCCCCCCCCCCCCCC)OC(=O)CCCCCCCCCCCCCCCCCC. The van der Waals surface area contributed by atoms with Gasteiger partial charge in [-0.25, -0.2) is 0 Å². The number of unbranched alkanes of at least 4 members (excludes halogenated alkanes) is 32. The van der Waals surface area contributed by atoms with Crippen molar-refractivity contribution < 1.29 is 28.6 Å². The van der Waals surface area contributed by atoms with Crippen LogP contribution in [0.1, 0.15) is 316 Å². The Labute approximate surface area is 477 Å². The molecule has 0 rings (SSSR count). The van der Waals surface area contributed by atoms with Gasteiger partial charge in [0.1, 0.15) is 13.2 Å². The molecular formula is C71H122O6. The van der Waals surface area contributed by atoms with Crippen LogP contribution < -0.4 is 0 Å². The maximum Gasteiger partial charge on any atom is 0.306 e. The van der Waals surface area contributed by atoms with Gasteiger partial charge in [-0.15, -0.1) is 0 Å². The van der Waals surface area contributed by atoms with E-state index in [-0.39, 0.29) is 31.1 Å². The molecule has 6 nitrogen and oxygen atoms in total. The quantitative estimate of drug-likeness (QED) is 0.0261. The van der Waals surface area contributed by atoms with Crippen molar-refractivity contribution in [3.8, 4) is 0 Å². The summed E-state index contributed by atoms with van der Waals surface area (Å²) in [6.45, 7) is 6.54. The van der Waals surface area contributed by atoms with Gasteiger partial charge < -0.3 is 14.2 Å². The maximum absolute atomic E-state index is 12.9. The van der Waals surface area contributed by atoms with Crippen molar-refractivity contribution in [1.82, 2.24) is 0 Å². The molecule has 0 spiro atoms. The fourth-order valence-electron chi connectivity index (χ4n) is 9.23. The minimum atomic E-state index is -0.786. The third kappa shape index (κ3) is 63.0. The van der Waals surface area contributed by atoms with Gasteiger partial charge in [0.05, 0.1) is 0 Å². The van der Waals surface area contributed by atoms with E-state index in [0.29, 0.717) is 19.3 Å². The highest BCUT2D eigenvalue weighted by molar-refractivity contribution is 5.71. The summed E-state index contributed by atoms with van der Waals surface area (Å²) >= 11 is 0. The van der Waals surface area contributed by atoms with E-state index in [0.717, 1.165) is 122 Å². The molecule has 0 saturated heterocycles. The molecule has 0 radical (unpaired) electrons. The standard InChI is InChI=1S/C71H122O6/c1-4-7-10-13-16-19-22-25-28-30-31-32-33-34-35-36-37-38-39-40-41-42-44-46-49-52-55-58-61-64-70(73)76-67-68(66-75-69(72)63-60-57-54-51-48-45-27-24-21-18-15-12-9-6-3)77-71(74)65-62-59-56-53-50-47-43-29-26-23-20-17-14-11-8-5-2/h7,10,16,19,25,28,31-32,34-35,37-38,40-41,44,46,68H,4-6,8-9,11-15,17-18,20-24,26-27,29-30,33,36,39,42-43,45,47-67H2,1-3H3/b10-7-,19-16-,28-25-,32-31-,35-34-,38-37-,41-40-,46-44-. The molecule has 0 aliphatic carbocycles. The van der Waals surface area contributed by atoms with E-state index >= 15 is 0 Å². The van der Waals surface area contributed by atoms with Crippen LogP contribution in [0.4, 0.5) is 0 Å². The molecule has 0 aromatic carbocycles. The molecule has 0 N–H and O–H groups in total. The maximum atomic E-state index is 12.9.